The summed E-state index contributed by atoms with van der Waals surface area (Å²) in [5.74, 6) is -0.436. The van der Waals surface area contributed by atoms with Gasteiger partial charge in [-0.15, -0.1) is 0 Å². The smallest absolute Gasteiger partial charge is 0.348 e. The molecule has 136 valence electrons. The number of para-hydroxylation sites is 1. The van der Waals surface area contributed by atoms with E-state index >= 15 is 0 Å². The van der Waals surface area contributed by atoms with Crippen LogP contribution in [0.3, 0.4) is 0 Å². The van der Waals surface area contributed by atoms with Gasteiger partial charge in [0.05, 0.1) is 25.3 Å². The van der Waals surface area contributed by atoms with Crippen molar-refractivity contribution in [2.45, 2.75) is 12.8 Å². The molecule has 0 atom stereocenters. The minimum absolute atomic E-state index is 0.182. The highest BCUT2D eigenvalue weighted by Crippen LogP contribution is 2.23. The fourth-order valence-electron chi connectivity index (χ4n) is 2.40. The van der Waals surface area contributed by atoms with Crippen LogP contribution in [0.2, 0.25) is 0 Å². The Morgan fingerprint density at radius 3 is 2.52 bits per heavy atom. The quantitative estimate of drug-likeness (QED) is 0.748. The van der Waals surface area contributed by atoms with Crippen molar-refractivity contribution >= 4 is 32.7 Å². The van der Waals surface area contributed by atoms with Crippen LogP contribution in [-0.2, 0) is 11.5 Å². The van der Waals surface area contributed by atoms with Gasteiger partial charge in [-0.05, 0) is 28.1 Å². The van der Waals surface area contributed by atoms with Gasteiger partial charge in [-0.1, -0.05) is 6.07 Å². The molecule has 1 aromatic heterocycles. The number of hydrogen-bond acceptors (Lipinski definition) is 3. The Balaban J connectivity index is 2.41. The molecule has 5 nitrogen and oxygen atoms in total. The molecule has 0 aliphatic carbocycles. The molecule has 0 spiro atoms. The Morgan fingerprint density at radius 2 is 1.92 bits per heavy atom. The first-order chi connectivity index (χ1) is 11.6. The Hall–Kier alpha value is -1.87. The van der Waals surface area contributed by atoms with Crippen LogP contribution in [-0.4, -0.2) is 53.6 Å². The number of carbonyl (C=O) groups excluding carboxylic acids is 1. The summed E-state index contributed by atoms with van der Waals surface area (Å²) in [6.45, 7) is -1.80. The second-order valence-corrected chi connectivity index (χ2v) is 6.67. The maximum atomic E-state index is 12.9. The predicted molar refractivity (Wildman–Crippen MR) is 92.2 cm³/mol. The number of pyridine rings is 1. The lowest BCUT2D eigenvalue weighted by atomic mass is 10.2. The monoisotopic (exact) mass is 419 g/mol. The van der Waals surface area contributed by atoms with Crippen molar-refractivity contribution in [2.24, 2.45) is 0 Å². The highest BCUT2D eigenvalue weighted by Gasteiger charge is 2.32. The van der Waals surface area contributed by atoms with E-state index in [0.29, 0.717) is 15.4 Å². The van der Waals surface area contributed by atoms with Crippen molar-refractivity contribution in [1.82, 2.24) is 14.4 Å². The fraction of sp³-hybridized carbons (Fsp3) is 0.375. The maximum Gasteiger partial charge on any atom is 0.401 e. The highest BCUT2D eigenvalue weighted by atomic mass is 79.9. The summed E-state index contributed by atoms with van der Waals surface area (Å²) >= 11 is 3.33. The normalized spacial score (nSPS) is 12.0. The molecule has 25 heavy (non-hydrogen) atoms. The largest absolute Gasteiger partial charge is 0.401 e. The Kier molecular flexibility index (Phi) is 5.89. The Morgan fingerprint density at radius 1 is 1.24 bits per heavy atom. The standard InChI is InChI=1S/C16H17BrF3N3O2/c1-21(2)14(25)8-22(9-16(18,19)20)10-23-7-6-13(24)11-4-3-5-12(17)15(11)23/h3-7H,8-10H2,1-2H3. The molecule has 9 heteroatoms. The van der Waals surface area contributed by atoms with E-state index in [4.69, 9.17) is 0 Å². The van der Waals surface area contributed by atoms with E-state index in [-0.39, 0.29) is 18.6 Å². The molecule has 1 amide bonds. The first-order valence-corrected chi connectivity index (χ1v) is 8.15. The van der Waals surface area contributed by atoms with Crippen LogP contribution in [0.4, 0.5) is 13.2 Å². The average molecular weight is 420 g/mol. The first kappa shape index (κ1) is 19.5. The van der Waals surface area contributed by atoms with Gasteiger partial charge >= 0.3 is 6.18 Å². The van der Waals surface area contributed by atoms with Crippen LogP contribution in [0.5, 0.6) is 0 Å². The number of alkyl halides is 3. The number of amides is 1. The lowest BCUT2D eigenvalue weighted by Gasteiger charge is -2.26. The number of benzene rings is 1. The third-order valence-electron chi connectivity index (χ3n) is 3.56. The summed E-state index contributed by atoms with van der Waals surface area (Å²) < 4.78 is 40.8. The molecule has 2 aromatic rings. The fourth-order valence-corrected chi connectivity index (χ4v) is 3.00. The summed E-state index contributed by atoms with van der Waals surface area (Å²) in [4.78, 5) is 26.1. The number of nitrogens with zero attached hydrogens (tertiary/aromatic N) is 3. The van der Waals surface area contributed by atoms with Gasteiger partial charge in [0.15, 0.2) is 5.43 Å². The van der Waals surface area contributed by atoms with Gasteiger partial charge in [0.25, 0.3) is 0 Å². The Bertz CT molecular complexity index is 833. The number of hydrogen-bond donors (Lipinski definition) is 0. The van der Waals surface area contributed by atoms with Gasteiger partial charge in [-0.25, -0.2) is 0 Å². The minimum atomic E-state index is -4.45. The number of rotatable bonds is 5. The number of likely N-dealkylation sites (N-methyl/N-ethyl adjacent to an activating group) is 1. The van der Waals surface area contributed by atoms with Crippen molar-refractivity contribution in [3.8, 4) is 0 Å². The van der Waals surface area contributed by atoms with E-state index < -0.39 is 18.6 Å². The molecule has 0 bridgehead atoms. The highest BCUT2D eigenvalue weighted by molar-refractivity contribution is 9.10. The number of fused-ring (bicyclic) bond motifs is 1. The van der Waals surface area contributed by atoms with Crippen LogP contribution >= 0.6 is 15.9 Å². The molecule has 1 aromatic carbocycles. The first-order valence-electron chi connectivity index (χ1n) is 7.35. The number of halogens is 4. The third-order valence-corrected chi connectivity index (χ3v) is 4.20. The topological polar surface area (TPSA) is 45.6 Å². The molecule has 2 rings (SSSR count). The molecule has 0 saturated carbocycles. The lowest BCUT2D eigenvalue weighted by molar-refractivity contribution is -0.154. The van der Waals surface area contributed by atoms with Crippen molar-refractivity contribution in [3.05, 3.63) is 45.2 Å². The molecule has 1 heterocycles. The average Bonchev–Trinajstić information content (AvgIpc) is 2.48. The van der Waals surface area contributed by atoms with E-state index in [0.717, 1.165) is 4.90 Å². The summed E-state index contributed by atoms with van der Waals surface area (Å²) in [5.41, 5.74) is 0.263. The van der Waals surface area contributed by atoms with Gasteiger partial charge in [0.2, 0.25) is 5.91 Å². The molecule has 0 aliphatic heterocycles. The summed E-state index contributed by atoms with van der Waals surface area (Å²) in [7, 11) is 2.97. The summed E-state index contributed by atoms with van der Waals surface area (Å²) in [6, 6.07) is 6.30. The van der Waals surface area contributed by atoms with Crippen LogP contribution < -0.4 is 5.43 Å². The van der Waals surface area contributed by atoms with Gasteiger partial charge in [0, 0.05) is 36.2 Å². The molecule has 0 fully saturated rings. The van der Waals surface area contributed by atoms with Crippen LogP contribution in [0.1, 0.15) is 0 Å². The Labute approximate surface area is 150 Å². The van der Waals surface area contributed by atoms with Crippen molar-refractivity contribution < 1.29 is 18.0 Å². The van der Waals surface area contributed by atoms with Crippen LogP contribution in [0, 0.1) is 0 Å². The molecule has 0 saturated heterocycles. The molecule has 0 radical (unpaired) electrons. The van der Waals surface area contributed by atoms with E-state index in [1.807, 2.05) is 0 Å². The van der Waals surface area contributed by atoms with E-state index in [1.165, 1.54) is 35.8 Å². The van der Waals surface area contributed by atoms with E-state index in [1.54, 1.807) is 18.2 Å². The predicted octanol–water partition coefficient (Wildman–Crippen LogP) is 2.67. The second kappa shape index (κ2) is 7.57. The molecule has 0 N–H and O–H groups in total. The minimum Gasteiger partial charge on any atom is -0.348 e. The van der Waals surface area contributed by atoms with Crippen molar-refractivity contribution in [3.63, 3.8) is 0 Å². The van der Waals surface area contributed by atoms with Gasteiger partial charge in [0.1, 0.15) is 0 Å². The zero-order chi connectivity index (χ0) is 18.8. The molecule has 0 unspecified atom stereocenters. The second-order valence-electron chi connectivity index (χ2n) is 5.82. The van der Waals surface area contributed by atoms with E-state index in [2.05, 4.69) is 15.9 Å². The molecular weight excluding hydrogens is 403 g/mol. The summed E-state index contributed by atoms with van der Waals surface area (Å²) in [6.07, 6.45) is -3.02. The van der Waals surface area contributed by atoms with E-state index in [9.17, 15) is 22.8 Å². The number of aromatic nitrogens is 1. The van der Waals surface area contributed by atoms with Gasteiger partial charge in [-0.2, -0.15) is 13.2 Å². The van der Waals surface area contributed by atoms with Crippen molar-refractivity contribution in [2.75, 3.05) is 27.2 Å². The van der Waals surface area contributed by atoms with Crippen LogP contribution in [0.25, 0.3) is 10.9 Å². The third kappa shape index (κ3) is 5.05. The zero-order valence-corrected chi connectivity index (χ0v) is 15.3. The van der Waals surface area contributed by atoms with Crippen molar-refractivity contribution in [1.29, 1.82) is 0 Å². The van der Waals surface area contributed by atoms with Gasteiger partial charge in [-0.3, -0.25) is 14.5 Å². The SMILES string of the molecule is CN(C)C(=O)CN(Cn1ccc(=O)c2cccc(Br)c21)CC(F)(F)F. The van der Waals surface area contributed by atoms with Gasteiger partial charge < -0.3 is 9.47 Å². The molecular formula is C16H17BrF3N3O2. The number of carbonyl (C=O) groups is 1. The zero-order valence-electron chi connectivity index (χ0n) is 13.7. The summed E-state index contributed by atoms with van der Waals surface area (Å²) in [5, 5.41) is 0.391. The molecule has 0 aliphatic rings. The lowest BCUT2D eigenvalue weighted by Crippen LogP contribution is -2.42. The van der Waals surface area contributed by atoms with Crippen LogP contribution in [0.15, 0.2) is 39.7 Å². The maximum absolute atomic E-state index is 12.9.